The van der Waals surface area contributed by atoms with Crippen LogP contribution in [0.1, 0.15) is 47.7 Å². The van der Waals surface area contributed by atoms with E-state index in [1.54, 1.807) is 0 Å². The van der Waals surface area contributed by atoms with Crippen molar-refractivity contribution in [1.82, 2.24) is 0 Å². The van der Waals surface area contributed by atoms with Crippen molar-refractivity contribution in [2.24, 2.45) is 5.92 Å². The first-order chi connectivity index (χ1) is 8.74. The van der Waals surface area contributed by atoms with Gasteiger partial charge < -0.3 is 4.74 Å². The second kappa shape index (κ2) is 4.85. The van der Waals surface area contributed by atoms with Crippen molar-refractivity contribution in [3.05, 3.63) is 34.9 Å². The largest absolute Gasteiger partial charge is 0.378 e. The first-order valence-corrected chi connectivity index (χ1v) is 7.01. The molecule has 2 heteroatoms. The van der Waals surface area contributed by atoms with Crippen LogP contribution in [0.3, 0.4) is 0 Å². The third kappa shape index (κ3) is 2.22. The number of hydrogen-bond donors (Lipinski definition) is 0. The molecule has 1 heterocycles. The van der Waals surface area contributed by atoms with Crippen LogP contribution < -0.4 is 0 Å². The summed E-state index contributed by atoms with van der Waals surface area (Å²) in [4.78, 5) is 12.4. The summed E-state index contributed by atoms with van der Waals surface area (Å²) in [5, 5.41) is 0. The van der Waals surface area contributed by atoms with E-state index < -0.39 is 0 Å². The van der Waals surface area contributed by atoms with Gasteiger partial charge >= 0.3 is 0 Å². The minimum Gasteiger partial charge on any atom is -0.378 e. The van der Waals surface area contributed by atoms with Crippen molar-refractivity contribution in [3.8, 4) is 0 Å². The van der Waals surface area contributed by atoms with Crippen LogP contribution in [0.5, 0.6) is 0 Å². The maximum Gasteiger partial charge on any atom is 0.168 e. The molecule has 2 atom stereocenters. The van der Waals surface area contributed by atoms with Gasteiger partial charge in [-0.1, -0.05) is 12.1 Å². The van der Waals surface area contributed by atoms with Crippen LogP contribution in [0.4, 0.5) is 0 Å². The molecule has 0 spiro atoms. The van der Waals surface area contributed by atoms with E-state index in [-0.39, 0.29) is 17.8 Å². The second-order valence-corrected chi connectivity index (χ2v) is 5.63. The number of fused-ring (bicyclic) bond motifs is 1. The van der Waals surface area contributed by atoms with E-state index in [9.17, 15) is 4.79 Å². The molecule has 1 aromatic carbocycles. The molecule has 2 nitrogen and oxygen atoms in total. The van der Waals surface area contributed by atoms with Crippen molar-refractivity contribution in [3.63, 3.8) is 0 Å². The Balaban J connectivity index is 1.81. The molecule has 0 saturated carbocycles. The molecule has 3 rings (SSSR count). The van der Waals surface area contributed by atoms with E-state index in [1.807, 2.05) is 13.0 Å². The molecule has 0 bridgehead atoms. The van der Waals surface area contributed by atoms with Crippen molar-refractivity contribution in [2.45, 2.75) is 45.1 Å². The predicted molar refractivity (Wildman–Crippen MR) is 70.9 cm³/mol. The first-order valence-electron chi connectivity index (χ1n) is 7.01. The number of aryl methyl sites for hydroxylation is 2. The number of carbonyl (C=O) groups excluding carboxylic acids is 1. The smallest absolute Gasteiger partial charge is 0.168 e. The van der Waals surface area contributed by atoms with E-state index in [2.05, 4.69) is 12.1 Å². The average molecular weight is 244 g/mol. The molecule has 0 radical (unpaired) electrons. The van der Waals surface area contributed by atoms with Gasteiger partial charge in [-0.25, -0.2) is 0 Å². The van der Waals surface area contributed by atoms with Gasteiger partial charge in [0.2, 0.25) is 0 Å². The molecule has 96 valence electrons. The Morgan fingerprint density at radius 1 is 1.22 bits per heavy atom. The fourth-order valence-corrected chi connectivity index (χ4v) is 3.12. The zero-order chi connectivity index (χ0) is 12.5. The molecule has 1 saturated heterocycles. The predicted octanol–water partition coefficient (Wildman–Crippen LogP) is 3.17. The quantitative estimate of drug-likeness (QED) is 0.747. The molecular formula is C16H20O2. The zero-order valence-electron chi connectivity index (χ0n) is 10.9. The lowest BCUT2D eigenvalue weighted by Crippen LogP contribution is -2.16. The Labute approximate surface area is 108 Å². The van der Waals surface area contributed by atoms with Crippen molar-refractivity contribution in [1.29, 1.82) is 0 Å². The lowest BCUT2D eigenvalue weighted by atomic mass is 9.87. The van der Waals surface area contributed by atoms with Crippen molar-refractivity contribution >= 4 is 5.78 Å². The molecule has 2 aliphatic rings. The fourth-order valence-electron chi connectivity index (χ4n) is 3.12. The SMILES string of the molecule is CC1CC(C(=O)c2ccc3c(c2)CCCC3)CO1. The number of hydrogen-bond acceptors (Lipinski definition) is 2. The minimum absolute atomic E-state index is 0.0710. The average Bonchev–Trinajstić information content (AvgIpc) is 2.84. The summed E-state index contributed by atoms with van der Waals surface area (Å²) in [6.45, 7) is 2.64. The molecule has 1 fully saturated rings. The lowest BCUT2D eigenvalue weighted by Gasteiger charge is -2.17. The van der Waals surface area contributed by atoms with Gasteiger partial charge in [0.25, 0.3) is 0 Å². The van der Waals surface area contributed by atoms with Gasteiger partial charge in [0.05, 0.1) is 12.7 Å². The highest BCUT2D eigenvalue weighted by molar-refractivity contribution is 5.98. The number of rotatable bonds is 2. The maximum atomic E-state index is 12.4. The Kier molecular flexibility index (Phi) is 3.21. The third-order valence-electron chi connectivity index (χ3n) is 4.20. The summed E-state index contributed by atoms with van der Waals surface area (Å²) in [5.41, 5.74) is 3.71. The van der Waals surface area contributed by atoms with E-state index in [0.29, 0.717) is 6.61 Å². The Bertz CT molecular complexity index is 464. The highest BCUT2D eigenvalue weighted by Crippen LogP contribution is 2.26. The molecule has 1 aliphatic heterocycles. The van der Waals surface area contributed by atoms with Gasteiger partial charge in [-0.15, -0.1) is 0 Å². The molecule has 1 aromatic rings. The van der Waals surface area contributed by atoms with Crippen molar-refractivity contribution in [2.75, 3.05) is 6.61 Å². The summed E-state index contributed by atoms with van der Waals surface area (Å²) in [5.74, 6) is 0.342. The molecule has 0 N–H and O–H groups in total. The summed E-state index contributed by atoms with van der Waals surface area (Å²) < 4.78 is 5.50. The number of benzene rings is 1. The highest BCUT2D eigenvalue weighted by Gasteiger charge is 2.29. The van der Waals surface area contributed by atoms with Crippen LogP contribution in [-0.4, -0.2) is 18.5 Å². The lowest BCUT2D eigenvalue weighted by molar-refractivity contribution is 0.0877. The van der Waals surface area contributed by atoms with Gasteiger partial charge in [-0.05, 0) is 56.2 Å². The van der Waals surface area contributed by atoms with Crippen LogP contribution in [-0.2, 0) is 17.6 Å². The van der Waals surface area contributed by atoms with Gasteiger partial charge in [0, 0.05) is 11.5 Å². The monoisotopic (exact) mass is 244 g/mol. The van der Waals surface area contributed by atoms with Crippen LogP contribution in [0.15, 0.2) is 18.2 Å². The van der Waals surface area contributed by atoms with Gasteiger partial charge in [-0.2, -0.15) is 0 Å². The number of Topliss-reactive ketones (excluding diaryl/α,β-unsaturated/α-hetero) is 1. The minimum atomic E-state index is 0.0710. The molecular weight excluding hydrogens is 224 g/mol. The second-order valence-electron chi connectivity index (χ2n) is 5.63. The Hall–Kier alpha value is -1.15. The van der Waals surface area contributed by atoms with Crippen molar-refractivity contribution < 1.29 is 9.53 Å². The maximum absolute atomic E-state index is 12.4. The van der Waals surface area contributed by atoms with Crippen LogP contribution >= 0.6 is 0 Å². The van der Waals surface area contributed by atoms with E-state index in [1.165, 1.54) is 30.4 Å². The number of ether oxygens (including phenoxy) is 1. The zero-order valence-corrected chi connectivity index (χ0v) is 10.9. The van der Waals surface area contributed by atoms with E-state index in [0.717, 1.165) is 18.4 Å². The fraction of sp³-hybridized carbons (Fsp3) is 0.562. The normalized spacial score (nSPS) is 26.9. The topological polar surface area (TPSA) is 26.3 Å². The molecule has 0 amide bonds. The van der Waals surface area contributed by atoms with Gasteiger partial charge in [-0.3, -0.25) is 4.79 Å². The Morgan fingerprint density at radius 2 is 2.00 bits per heavy atom. The number of ketones is 1. The van der Waals surface area contributed by atoms with Crippen LogP contribution in [0.2, 0.25) is 0 Å². The van der Waals surface area contributed by atoms with Crippen LogP contribution in [0, 0.1) is 5.92 Å². The summed E-state index contributed by atoms with van der Waals surface area (Å²) in [6, 6.07) is 6.29. The standard InChI is InChI=1S/C16H20O2/c1-11-8-15(10-18-11)16(17)14-7-6-12-4-2-3-5-13(12)9-14/h6-7,9,11,15H,2-5,8,10H2,1H3. The molecule has 0 aromatic heterocycles. The van der Waals surface area contributed by atoms with E-state index in [4.69, 9.17) is 4.74 Å². The third-order valence-corrected chi connectivity index (χ3v) is 4.20. The Morgan fingerprint density at radius 3 is 2.72 bits per heavy atom. The van der Waals surface area contributed by atoms with Gasteiger partial charge in [0.1, 0.15) is 0 Å². The van der Waals surface area contributed by atoms with Crippen LogP contribution in [0.25, 0.3) is 0 Å². The molecule has 2 unspecified atom stereocenters. The first kappa shape index (κ1) is 11.9. The van der Waals surface area contributed by atoms with Gasteiger partial charge in [0.15, 0.2) is 5.78 Å². The summed E-state index contributed by atoms with van der Waals surface area (Å²) in [6.07, 6.45) is 5.95. The summed E-state index contributed by atoms with van der Waals surface area (Å²) in [7, 11) is 0. The molecule has 18 heavy (non-hydrogen) atoms. The molecule has 1 aliphatic carbocycles. The highest BCUT2D eigenvalue weighted by atomic mass is 16.5. The number of carbonyl (C=O) groups is 1. The summed E-state index contributed by atoms with van der Waals surface area (Å²) >= 11 is 0. The van der Waals surface area contributed by atoms with E-state index >= 15 is 0 Å².